The van der Waals surface area contributed by atoms with Gasteiger partial charge in [0, 0.05) is 0 Å². The van der Waals surface area contributed by atoms with Crippen molar-refractivity contribution in [2.75, 3.05) is 0 Å². The fourth-order valence-corrected chi connectivity index (χ4v) is 1.53. The van der Waals surface area contributed by atoms with Crippen molar-refractivity contribution >= 4 is 10.1 Å². The van der Waals surface area contributed by atoms with Crippen molar-refractivity contribution in [3.63, 3.8) is 0 Å². The summed E-state index contributed by atoms with van der Waals surface area (Å²) < 4.78 is 245. The Balaban J connectivity index is 6.80. The highest BCUT2D eigenvalue weighted by atomic mass is 32.2. The maximum Gasteiger partial charge on any atom is 0.460 e. The second-order valence-corrected chi connectivity index (χ2v) is 6.38. The van der Waals surface area contributed by atoms with E-state index in [0.29, 0.717) is 0 Å². The zero-order valence-electron chi connectivity index (χ0n) is 12.9. The van der Waals surface area contributed by atoms with Crippen molar-refractivity contribution in [2.45, 2.75) is 47.7 Å². The topological polar surface area (TPSA) is 72.8 Å². The molecule has 1 N–H and O–H groups in total. The second-order valence-electron chi connectivity index (χ2n) is 4.91. The van der Waals surface area contributed by atoms with E-state index in [0.717, 1.165) is 4.74 Å². The Bertz CT molecular complexity index is 749. The lowest BCUT2D eigenvalue weighted by Gasteiger charge is -2.40. The number of ether oxygens (including phenoxy) is 2. The SMILES string of the molecule is O=S(=O)(O)C(F)(F)C(F)(F)OC(F)(C(F)(F)F)C(F)(F)OC(F)(C(F)(F)F)C(F)(F)F. The number of alkyl halides is 17. The molecular formula is C8HF17O5S. The lowest BCUT2D eigenvalue weighted by atomic mass is 10.2. The molecule has 0 aliphatic heterocycles. The third-order valence-corrected chi connectivity index (χ3v) is 3.55. The lowest BCUT2D eigenvalue weighted by molar-refractivity contribution is -0.557. The molecular weight excluding hydrogens is 531 g/mol. The van der Waals surface area contributed by atoms with E-state index in [1.807, 2.05) is 0 Å². The second kappa shape index (κ2) is 7.33. The number of hydrogen-bond donors (Lipinski definition) is 1. The van der Waals surface area contributed by atoms with Gasteiger partial charge in [-0.2, -0.15) is 83.1 Å². The molecule has 0 saturated carbocycles. The van der Waals surface area contributed by atoms with Gasteiger partial charge in [-0.25, -0.2) is 0 Å². The van der Waals surface area contributed by atoms with E-state index in [1.165, 1.54) is 4.74 Å². The number of halogens is 17. The molecule has 0 aromatic carbocycles. The van der Waals surface area contributed by atoms with Crippen molar-refractivity contribution in [1.82, 2.24) is 0 Å². The van der Waals surface area contributed by atoms with Gasteiger partial charge < -0.3 is 0 Å². The monoisotopic (exact) mass is 532 g/mol. The van der Waals surface area contributed by atoms with Crippen LogP contribution in [-0.2, 0) is 19.6 Å². The van der Waals surface area contributed by atoms with Crippen molar-refractivity contribution in [3.05, 3.63) is 0 Å². The van der Waals surface area contributed by atoms with E-state index in [1.54, 1.807) is 0 Å². The predicted molar refractivity (Wildman–Crippen MR) is 54.4 cm³/mol. The minimum absolute atomic E-state index is 1.13. The van der Waals surface area contributed by atoms with Gasteiger partial charge in [-0.1, -0.05) is 0 Å². The van der Waals surface area contributed by atoms with E-state index in [-0.39, 0.29) is 0 Å². The zero-order chi connectivity index (χ0) is 25.9. The third-order valence-electron chi connectivity index (χ3n) is 2.67. The van der Waals surface area contributed by atoms with Crippen LogP contribution in [0.1, 0.15) is 0 Å². The molecule has 31 heavy (non-hydrogen) atoms. The molecule has 0 spiro atoms. The first-order valence-electron chi connectivity index (χ1n) is 6.00. The maximum atomic E-state index is 13.6. The van der Waals surface area contributed by atoms with Crippen LogP contribution in [-0.4, -0.2) is 60.7 Å². The maximum absolute atomic E-state index is 13.6. The average molecular weight is 532 g/mol. The molecule has 0 aliphatic rings. The normalized spacial score (nSPS) is 18.1. The summed E-state index contributed by atoms with van der Waals surface area (Å²) in [7, 11) is -7.67. The van der Waals surface area contributed by atoms with Gasteiger partial charge in [-0.3, -0.25) is 14.0 Å². The van der Waals surface area contributed by atoms with E-state index in [4.69, 9.17) is 4.55 Å². The van der Waals surface area contributed by atoms with Crippen LogP contribution in [0.2, 0.25) is 0 Å². The zero-order valence-corrected chi connectivity index (χ0v) is 13.7. The van der Waals surface area contributed by atoms with Gasteiger partial charge in [0.25, 0.3) is 0 Å². The largest absolute Gasteiger partial charge is 0.460 e. The van der Waals surface area contributed by atoms with Crippen LogP contribution in [0, 0.1) is 0 Å². The van der Waals surface area contributed by atoms with Crippen LogP contribution in [0.25, 0.3) is 0 Å². The minimum atomic E-state index is -8.23. The fourth-order valence-electron chi connectivity index (χ4n) is 1.19. The molecule has 0 aromatic heterocycles. The lowest BCUT2D eigenvalue weighted by Crippen LogP contribution is -2.68. The first kappa shape index (κ1) is 29.6. The molecule has 188 valence electrons. The molecule has 0 fully saturated rings. The summed E-state index contributed by atoms with van der Waals surface area (Å²) in [5.41, 5.74) is 0. The highest BCUT2D eigenvalue weighted by molar-refractivity contribution is 7.86. The summed E-state index contributed by atoms with van der Waals surface area (Å²) in [4.78, 5) is 0. The fraction of sp³-hybridized carbons (Fsp3) is 1.00. The Kier molecular flexibility index (Phi) is 7.01. The Morgan fingerprint density at radius 1 is 0.484 bits per heavy atom. The van der Waals surface area contributed by atoms with Gasteiger partial charge in [0.1, 0.15) is 0 Å². The first-order chi connectivity index (χ1) is 12.9. The highest BCUT2D eigenvalue weighted by Gasteiger charge is 2.86. The van der Waals surface area contributed by atoms with Crippen molar-refractivity contribution in [2.24, 2.45) is 0 Å². The van der Waals surface area contributed by atoms with E-state index in [9.17, 15) is 83.1 Å². The summed E-state index contributed by atoms with van der Waals surface area (Å²) in [5, 5.41) is -7.47. The molecule has 0 bridgehead atoms. The minimum Gasteiger partial charge on any atom is -0.281 e. The molecule has 23 heteroatoms. The smallest absolute Gasteiger partial charge is 0.281 e. The quantitative estimate of drug-likeness (QED) is 0.380. The standard InChI is InChI=1S/C8HF17O5S/c9-1(3(11,12)13,4(14,15)16)29-6(20,21)2(10,5(17,18)19)30-7(22,23)8(24,25)31(26,27)28/h(H,26,27,28). The Morgan fingerprint density at radius 3 is 0.968 bits per heavy atom. The molecule has 0 aliphatic carbocycles. The molecule has 0 aromatic rings. The molecule has 0 heterocycles. The van der Waals surface area contributed by atoms with Gasteiger partial charge >= 0.3 is 57.8 Å². The van der Waals surface area contributed by atoms with Gasteiger partial charge in [-0.15, -0.1) is 0 Å². The van der Waals surface area contributed by atoms with Crippen molar-refractivity contribution in [3.8, 4) is 0 Å². The van der Waals surface area contributed by atoms with E-state index >= 15 is 0 Å². The van der Waals surface area contributed by atoms with Crippen LogP contribution in [0.4, 0.5) is 74.6 Å². The van der Waals surface area contributed by atoms with Crippen LogP contribution in [0.3, 0.4) is 0 Å². The van der Waals surface area contributed by atoms with Gasteiger partial charge in [0.15, 0.2) is 0 Å². The Morgan fingerprint density at radius 2 is 0.742 bits per heavy atom. The average Bonchev–Trinajstić information content (AvgIpc) is 2.40. The van der Waals surface area contributed by atoms with Gasteiger partial charge in [-0.05, 0) is 0 Å². The van der Waals surface area contributed by atoms with Crippen LogP contribution < -0.4 is 0 Å². The summed E-state index contributed by atoms with van der Waals surface area (Å²) in [6, 6.07) is 0. The summed E-state index contributed by atoms with van der Waals surface area (Å²) in [5.74, 6) is -16.2. The van der Waals surface area contributed by atoms with Crippen molar-refractivity contribution in [1.29, 1.82) is 0 Å². The van der Waals surface area contributed by atoms with Gasteiger partial charge in [0.05, 0.1) is 0 Å². The van der Waals surface area contributed by atoms with E-state index < -0.39 is 57.8 Å². The predicted octanol–water partition coefficient (Wildman–Crippen LogP) is 4.70. The molecule has 5 nitrogen and oxygen atoms in total. The molecule has 1 atom stereocenters. The molecule has 0 saturated heterocycles. The molecule has 0 radical (unpaired) electrons. The first-order valence-corrected chi connectivity index (χ1v) is 7.44. The molecule has 0 rings (SSSR count). The van der Waals surface area contributed by atoms with E-state index in [2.05, 4.69) is 0 Å². The number of rotatable bonds is 7. The van der Waals surface area contributed by atoms with Crippen LogP contribution in [0.15, 0.2) is 0 Å². The van der Waals surface area contributed by atoms with Crippen molar-refractivity contribution < 1.29 is 97.1 Å². The highest BCUT2D eigenvalue weighted by Crippen LogP contribution is 2.57. The Labute approximate surface area is 156 Å². The third kappa shape index (κ3) is 4.86. The van der Waals surface area contributed by atoms with Gasteiger partial charge in [0.2, 0.25) is 0 Å². The summed E-state index contributed by atoms with van der Waals surface area (Å²) in [6.45, 7) is 0. The van der Waals surface area contributed by atoms with Crippen LogP contribution in [0.5, 0.6) is 0 Å². The molecule has 0 amide bonds. The Hall–Kier alpha value is -1.36. The number of hydrogen-bond acceptors (Lipinski definition) is 4. The van der Waals surface area contributed by atoms with Crippen LogP contribution >= 0.6 is 0 Å². The summed E-state index contributed by atoms with van der Waals surface area (Å²) >= 11 is 0. The summed E-state index contributed by atoms with van der Waals surface area (Å²) in [6.07, 6.45) is -39.7. The molecule has 1 unspecified atom stereocenters.